The molecule has 4 fully saturated rings. The van der Waals surface area contributed by atoms with Crippen LogP contribution in [0.4, 0.5) is 0 Å². The van der Waals surface area contributed by atoms with E-state index in [0.717, 1.165) is 56.7 Å². The lowest BCUT2D eigenvalue weighted by Gasteiger charge is -2.57. The molecule has 6 aromatic rings. The summed E-state index contributed by atoms with van der Waals surface area (Å²) in [5.74, 6) is 4.72. The van der Waals surface area contributed by atoms with Gasteiger partial charge in [0, 0.05) is 16.7 Å². The molecule has 1 aromatic heterocycles. The Bertz CT molecular complexity index is 2110. The normalized spacial score (nSPS) is 22.4. The molecule has 0 unspecified atom stereocenters. The molecule has 4 nitrogen and oxygen atoms in total. The summed E-state index contributed by atoms with van der Waals surface area (Å²) in [7, 11) is 0. The highest BCUT2D eigenvalue weighted by Crippen LogP contribution is 2.60. The molecule has 5 aromatic carbocycles. The summed E-state index contributed by atoms with van der Waals surface area (Å²) in [6, 6.07) is 46.3. The van der Waals surface area contributed by atoms with Gasteiger partial charge in [-0.2, -0.15) is 5.26 Å². The Balaban J connectivity index is 1.16. The minimum atomic E-state index is 0.354. The van der Waals surface area contributed by atoms with Gasteiger partial charge in [0.2, 0.25) is 0 Å². The predicted octanol–water partition coefficient (Wildman–Crippen LogP) is 10.5. The molecule has 48 heavy (non-hydrogen) atoms. The summed E-state index contributed by atoms with van der Waals surface area (Å²) in [4.78, 5) is 15.3. The molecule has 0 amide bonds. The lowest BCUT2D eigenvalue weighted by molar-refractivity contribution is -0.00518. The van der Waals surface area contributed by atoms with Crippen LogP contribution in [0.5, 0.6) is 0 Å². The van der Waals surface area contributed by atoms with E-state index in [1.807, 2.05) is 48.5 Å². The Kier molecular flexibility index (Phi) is 7.01. The van der Waals surface area contributed by atoms with Crippen LogP contribution in [0.25, 0.3) is 56.4 Å². The monoisotopic (exact) mass is 620 g/mol. The Morgan fingerprint density at radius 3 is 1.40 bits per heavy atom. The molecular formula is C44H36N4. The van der Waals surface area contributed by atoms with E-state index >= 15 is 0 Å². The van der Waals surface area contributed by atoms with Crippen molar-refractivity contribution in [3.05, 3.63) is 139 Å². The number of aromatic nitrogens is 3. The quantitative estimate of drug-likeness (QED) is 0.186. The molecule has 4 bridgehead atoms. The van der Waals surface area contributed by atoms with Crippen molar-refractivity contribution < 1.29 is 0 Å². The summed E-state index contributed by atoms with van der Waals surface area (Å²) in [6.07, 6.45) is 8.41. The van der Waals surface area contributed by atoms with E-state index in [1.54, 1.807) is 0 Å². The molecule has 232 valence electrons. The smallest absolute Gasteiger partial charge is 0.164 e. The van der Waals surface area contributed by atoms with Gasteiger partial charge < -0.3 is 0 Å². The second-order valence-electron chi connectivity index (χ2n) is 14.3. The molecule has 4 heteroatoms. The molecule has 0 spiro atoms. The Labute approximate surface area is 282 Å². The molecule has 4 aliphatic carbocycles. The van der Waals surface area contributed by atoms with Crippen molar-refractivity contribution in [1.82, 2.24) is 15.0 Å². The van der Waals surface area contributed by atoms with Crippen molar-refractivity contribution in [2.45, 2.75) is 43.9 Å². The third kappa shape index (κ3) is 5.30. The lowest BCUT2D eigenvalue weighted by atomic mass is 9.48. The molecular weight excluding hydrogens is 585 g/mol. The first-order valence-corrected chi connectivity index (χ1v) is 17.2. The summed E-state index contributed by atoms with van der Waals surface area (Å²) < 4.78 is 0. The average Bonchev–Trinajstić information content (AvgIpc) is 3.15. The fraction of sp³-hybridized carbons (Fsp3) is 0.227. The standard InChI is InChI=1S/C44H36N4/c45-28-29-11-13-34(14-12-29)38-22-37(33-7-3-1-4-8-33)23-39(24-38)43-47-41(35-9-5-2-6-10-35)46-42(48-43)36-15-17-40(18-16-36)44-25-30-19-31(26-44)21-32(20-30)27-44/h1-18,22-24,30-32H,19-21,25-27H2. The summed E-state index contributed by atoms with van der Waals surface area (Å²) in [5, 5.41) is 9.38. The summed E-state index contributed by atoms with van der Waals surface area (Å²) in [6.45, 7) is 0. The highest BCUT2D eigenvalue weighted by atomic mass is 15.0. The molecule has 1 heterocycles. The molecule has 10 rings (SSSR count). The predicted molar refractivity (Wildman–Crippen MR) is 192 cm³/mol. The van der Waals surface area contributed by atoms with E-state index in [0.29, 0.717) is 28.5 Å². The second kappa shape index (κ2) is 11.7. The van der Waals surface area contributed by atoms with Crippen LogP contribution in [0.1, 0.15) is 49.7 Å². The first-order chi connectivity index (χ1) is 23.6. The zero-order valence-electron chi connectivity index (χ0n) is 26.9. The number of nitriles is 1. The molecule has 0 atom stereocenters. The largest absolute Gasteiger partial charge is 0.208 e. The second-order valence-corrected chi connectivity index (χ2v) is 14.3. The number of hydrogen-bond acceptors (Lipinski definition) is 4. The maximum Gasteiger partial charge on any atom is 0.164 e. The van der Waals surface area contributed by atoms with E-state index in [9.17, 15) is 5.26 Å². The fourth-order valence-corrected chi connectivity index (χ4v) is 9.25. The molecule has 0 aliphatic heterocycles. The Hall–Kier alpha value is -5.40. The SMILES string of the molecule is N#Cc1ccc(-c2cc(-c3ccccc3)cc(-c3nc(-c4ccccc4)nc(-c4ccc(C56CC7CC(CC(C7)C5)C6)cc4)n3)c2)cc1. The highest BCUT2D eigenvalue weighted by Gasteiger charge is 2.51. The van der Waals surface area contributed by atoms with Crippen molar-refractivity contribution in [2.75, 3.05) is 0 Å². The van der Waals surface area contributed by atoms with Crippen molar-refractivity contribution in [3.63, 3.8) is 0 Å². The van der Waals surface area contributed by atoms with Gasteiger partial charge in [-0.1, -0.05) is 97.1 Å². The first-order valence-electron chi connectivity index (χ1n) is 17.2. The van der Waals surface area contributed by atoms with Crippen LogP contribution >= 0.6 is 0 Å². The number of benzene rings is 5. The minimum Gasteiger partial charge on any atom is -0.208 e. The van der Waals surface area contributed by atoms with E-state index in [4.69, 9.17) is 15.0 Å². The van der Waals surface area contributed by atoms with Crippen LogP contribution in [0, 0.1) is 29.1 Å². The zero-order valence-corrected chi connectivity index (χ0v) is 26.9. The van der Waals surface area contributed by atoms with Gasteiger partial charge in [0.25, 0.3) is 0 Å². The van der Waals surface area contributed by atoms with E-state index in [1.165, 1.54) is 44.1 Å². The minimum absolute atomic E-state index is 0.354. The molecule has 0 saturated heterocycles. The van der Waals surface area contributed by atoms with Crippen molar-refractivity contribution in [2.24, 2.45) is 17.8 Å². The van der Waals surface area contributed by atoms with Crippen molar-refractivity contribution in [3.8, 4) is 62.5 Å². The average molecular weight is 621 g/mol. The van der Waals surface area contributed by atoms with Crippen LogP contribution in [0.15, 0.2) is 127 Å². The highest BCUT2D eigenvalue weighted by molar-refractivity contribution is 5.80. The molecule has 0 radical (unpaired) electrons. The van der Waals surface area contributed by atoms with E-state index in [2.05, 4.69) is 84.9 Å². The van der Waals surface area contributed by atoms with Gasteiger partial charge in [-0.05, 0) is 120 Å². The van der Waals surface area contributed by atoms with Gasteiger partial charge >= 0.3 is 0 Å². The molecule has 4 aliphatic rings. The lowest BCUT2D eigenvalue weighted by Crippen LogP contribution is -2.48. The van der Waals surface area contributed by atoms with Crippen LogP contribution in [-0.2, 0) is 5.41 Å². The van der Waals surface area contributed by atoms with Gasteiger partial charge in [-0.15, -0.1) is 0 Å². The van der Waals surface area contributed by atoms with Crippen LogP contribution in [0.3, 0.4) is 0 Å². The van der Waals surface area contributed by atoms with Crippen molar-refractivity contribution >= 4 is 0 Å². The maximum atomic E-state index is 9.38. The molecule has 4 saturated carbocycles. The van der Waals surface area contributed by atoms with Crippen LogP contribution < -0.4 is 0 Å². The van der Waals surface area contributed by atoms with Crippen LogP contribution in [0.2, 0.25) is 0 Å². The van der Waals surface area contributed by atoms with Gasteiger partial charge in [0.15, 0.2) is 17.5 Å². The van der Waals surface area contributed by atoms with E-state index < -0.39 is 0 Å². The summed E-state index contributed by atoms with van der Waals surface area (Å²) >= 11 is 0. The Morgan fingerprint density at radius 2 is 0.875 bits per heavy atom. The zero-order chi connectivity index (χ0) is 32.1. The third-order valence-electron chi connectivity index (χ3n) is 11.1. The van der Waals surface area contributed by atoms with Gasteiger partial charge in [-0.25, -0.2) is 15.0 Å². The fourth-order valence-electron chi connectivity index (χ4n) is 9.25. The number of rotatable bonds is 6. The van der Waals surface area contributed by atoms with Crippen LogP contribution in [-0.4, -0.2) is 15.0 Å². The molecule has 0 N–H and O–H groups in total. The topological polar surface area (TPSA) is 62.5 Å². The van der Waals surface area contributed by atoms with Gasteiger partial charge in [0.1, 0.15) is 0 Å². The van der Waals surface area contributed by atoms with Gasteiger partial charge in [0.05, 0.1) is 11.6 Å². The maximum absolute atomic E-state index is 9.38. The Morgan fingerprint density at radius 1 is 0.458 bits per heavy atom. The number of hydrogen-bond donors (Lipinski definition) is 0. The van der Waals surface area contributed by atoms with Crippen molar-refractivity contribution in [1.29, 1.82) is 5.26 Å². The third-order valence-corrected chi connectivity index (χ3v) is 11.1. The van der Waals surface area contributed by atoms with E-state index in [-0.39, 0.29) is 0 Å². The summed E-state index contributed by atoms with van der Waals surface area (Å²) in [5.41, 5.74) is 9.66. The van der Waals surface area contributed by atoms with Gasteiger partial charge in [-0.3, -0.25) is 0 Å². The number of nitrogens with zero attached hydrogens (tertiary/aromatic N) is 4. The first kappa shape index (κ1) is 28.8.